The summed E-state index contributed by atoms with van der Waals surface area (Å²) in [5.41, 5.74) is -0.372. The van der Waals surface area contributed by atoms with Crippen LogP contribution in [-0.4, -0.2) is 70.7 Å². The minimum Gasteiger partial charge on any atom is -0.444 e. The number of likely N-dealkylation sites (tertiary alicyclic amines) is 1. The summed E-state index contributed by atoms with van der Waals surface area (Å²) < 4.78 is 11.1. The Labute approximate surface area is 231 Å². The molecule has 1 saturated heterocycles. The predicted octanol–water partition coefficient (Wildman–Crippen LogP) is 5.24. The van der Waals surface area contributed by atoms with Crippen LogP contribution < -0.4 is 5.32 Å². The second-order valence-electron chi connectivity index (χ2n) is 13.5. The van der Waals surface area contributed by atoms with E-state index in [1.165, 1.54) is 4.90 Å². The van der Waals surface area contributed by atoms with Crippen LogP contribution in [0.3, 0.4) is 0 Å². The van der Waals surface area contributed by atoms with Crippen LogP contribution >= 0.6 is 0 Å². The Balaban J connectivity index is 1.50. The number of alkyl carbamates (subject to hydrolysis) is 1. The van der Waals surface area contributed by atoms with Gasteiger partial charge in [0.15, 0.2) is 0 Å². The number of hydrogen-bond acceptors (Lipinski definition) is 6. The summed E-state index contributed by atoms with van der Waals surface area (Å²) >= 11 is 0. The van der Waals surface area contributed by atoms with Crippen molar-refractivity contribution in [3.05, 3.63) is 35.4 Å². The number of ether oxygens (including phenoxy) is 2. The lowest BCUT2D eigenvalue weighted by Gasteiger charge is -2.52. The van der Waals surface area contributed by atoms with Gasteiger partial charge in [-0.2, -0.15) is 0 Å². The smallest absolute Gasteiger partial charge is 0.410 e. The number of carbonyl (C=O) groups excluding carboxylic acids is 4. The van der Waals surface area contributed by atoms with Crippen molar-refractivity contribution in [3.8, 4) is 0 Å². The first kappa shape index (κ1) is 28.9. The van der Waals surface area contributed by atoms with E-state index >= 15 is 0 Å². The first-order valence-corrected chi connectivity index (χ1v) is 14.0. The molecule has 0 radical (unpaired) electrons. The zero-order chi connectivity index (χ0) is 28.8. The Morgan fingerprint density at radius 1 is 1.00 bits per heavy atom. The lowest BCUT2D eigenvalue weighted by molar-refractivity contribution is -0.0549. The highest BCUT2D eigenvalue weighted by Gasteiger charge is 2.54. The van der Waals surface area contributed by atoms with E-state index in [9.17, 15) is 19.2 Å². The third-order valence-corrected chi connectivity index (χ3v) is 8.09. The number of nitrogens with zero attached hydrogens (tertiary/aromatic N) is 2. The summed E-state index contributed by atoms with van der Waals surface area (Å²) in [6, 6.07) is 6.53. The summed E-state index contributed by atoms with van der Waals surface area (Å²) in [7, 11) is 0. The van der Waals surface area contributed by atoms with Crippen molar-refractivity contribution in [2.75, 3.05) is 19.6 Å². The van der Waals surface area contributed by atoms with E-state index in [1.54, 1.807) is 29.2 Å². The molecule has 1 saturated carbocycles. The molecule has 3 atom stereocenters. The number of hydrogen-bond donors (Lipinski definition) is 1. The molecule has 214 valence electrons. The Morgan fingerprint density at radius 2 is 1.56 bits per heavy atom. The quantitative estimate of drug-likeness (QED) is 0.494. The number of imide groups is 1. The van der Waals surface area contributed by atoms with Gasteiger partial charge in [0.05, 0.1) is 11.1 Å². The fourth-order valence-corrected chi connectivity index (χ4v) is 6.22. The highest BCUT2D eigenvalue weighted by atomic mass is 16.6. The topological polar surface area (TPSA) is 105 Å². The van der Waals surface area contributed by atoms with Crippen LogP contribution in [0.4, 0.5) is 9.59 Å². The molecule has 1 N–H and O–H groups in total. The maximum Gasteiger partial charge on any atom is 0.410 e. The van der Waals surface area contributed by atoms with E-state index < -0.39 is 17.3 Å². The van der Waals surface area contributed by atoms with Crippen molar-refractivity contribution < 1.29 is 28.7 Å². The fraction of sp³-hybridized carbons (Fsp3) is 0.667. The molecule has 1 aliphatic carbocycles. The maximum atomic E-state index is 13.2. The molecule has 9 heteroatoms. The fourth-order valence-electron chi connectivity index (χ4n) is 6.22. The zero-order valence-corrected chi connectivity index (χ0v) is 24.3. The van der Waals surface area contributed by atoms with Gasteiger partial charge in [-0.05, 0) is 91.7 Å². The molecule has 9 nitrogen and oxygen atoms in total. The Kier molecular flexibility index (Phi) is 7.76. The van der Waals surface area contributed by atoms with Crippen molar-refractivity contribution in [2.45, 2.75) is 91.4 Å². The van der Waals surface area contributed by atoms with E-state index in [0.29, 0.717) is 36.6 Å². The molecular formula is C30H43N3O6. The third-order valence-electron chi connectivity index (χ3n) is 8.09. The standard InChI is InChI=1S/C30H43N3O6/c1-19(31-26(36)38-28(2,3)4)20(16-33-24(34)22-12-8-9-13-23(22)25(33)35)15-21-11-10-14-30(21)17-32(18-30)27(37)39-29(5,6)7/h8-9,12-13,19-21H,10-11,14-18H2,1-7H3,(H,31,36)/t19-,20?,21?/m1/s1. The van der Waals surface area contributed by atoms with E-state index in [4.69, 9.17) is 9.47 Å². The Bertz CT molecular complexity index is 1090. The van der Waals surface area contributed by atoms with Crippen LogP contribution in [0.25, 0.3) is 0 Å². The third kappa shape index (κ3) is 6.39. The number of carbonyl (C=O) groups is 4. The normalized spacial score (nSPS) is 21.9. The molecule has 4 amide bonds. The second kappa shape index (κ2) is 10.5. The first-order valence-electron chi connectivity index (χ1n) is 14.0. The van der Waals surface area contributed by atoms with Crippen LogP contribution in [0.5, 0.6) is 0 Å². The summed E-state index contributed by atoms with van der Waals surface area (Å²) in [5, 5.41) is 2.96. The SMILES string of the molecule is C[C@@H](NC(=O)OC(C)(C)C)C(CC1CCCC12CN(C(=O)OC(C)(C)C)C2)CN1C(=O)c2ccccc2C1=O. The van der Waals surface area contributed by atoms with E-state index in [1.807, 2.05) is 48.5 Å². The van der Waals surface area contributed by atoms with Crippen molar-refractivity contribution in [3.63, 3.8) is 0 Å². The highest BCUT2D eigenvalue weighted by molar-refractivity contribution is 6.21. The molecule has 1 spiro atoms. The van der Waals surface area contributed by atoms with Gasteiger partial charge in [-0.25, -0.2) is 9.59 Å². The van der Waals surface area contributed by atoms with Gasteiger partial charge in [0.2, 0.25) is 0 Å². The van der Waals surface area contributed by atoms with Crippen LogP contribution in [0.1, 0.15) is 94.9 Å². The van der Waals surface area contributed by atoms with Crippen LogP contribution in [0, 0.1) is 17.3 Å². The minimum atomic E-state index is -0.644. The van der Waals surface area contributed by atoms with Crippen molar-refractivity contribution in [2.24, 2.45) is 17.3 Å². The first-order chi connectivity index (χ1) is 18.1. The molecule has 2 unspecified atom stereocenters. The van der Waals surface area contributed by atoms with Gasteiger partial charge in [0, 0.05) is 31.1 Å². The van der Waals surface area contributed by atoms with Crippen molar-refractivity contribution >= 4 is 24.0 Å². The molecule has 2 aliphatic heterocycles. The number of benzene rings is 1. The Hall–Kier alpha value is -3.10. The lowest BCUT2D eigenvalue weighted by Crippen LogP contribution is -2.61. The van der Waals surface area contributed by atoms with Gasteiger partial charge in [-0.15, -0.1) is 0 Å². The zero-order valence-electron chi connectivity index (χ0n) is 24.3. The molecule has 2 fully saturated rings. The minimum absolute atomic E-state index is 0.0111. The highest BCUT2D eigenvalue weighted by Crippen LogP contribution is 2.52. The Morgan fingerprint density at radius 3 is 2.10 bits per heavy atom. The molecule has 3 aliphatic rings. The van der Waals surface area contributed by atoms with E-state index in [-0.39, 0.29) is 41.8 Å². The average molecular weight is 542 g/mol. The van der Waals surface area contributed by atoms with Gasteiger partial charge in [-0.1, -0.05) is 18.6 Å². The summed E-state index contributed by atoms with van der Waals surface area (Å²) in [6.45, 7) is 14.4. The van der Waals surface area contributed by atoms with Gasteiger partial charge < -0.3 is 19.7 Å². The van der Waals surface area contributed by atoms with Crippen LogP contribution in [-0.2, 0) is 9.47 Å². The van der Waals surface area contributed by atoms with Gasteiger partial charge in [-0.3, -0.25) is 14.5 Å². The number of amides is 4. The van der Waals surface area contributed by atoms with Gasteiger partial charge in [0.25, 0.3) is 11.8 Å². The van der Waals surface area contributed by atoms with Gasteiger partial charge in [0.1, 0.15) is 11.2 Å². The summed E-state index contributed by atoms with van der Waals surface area (Å²) in [4.78, 5) is 54.7. The average Bonchev–Trinajstić information content (AvgIpc) is 3.30. The van der Waals surface area contributed by atoms with Crippen LogP contribution in [0.15, 0.2) is 24.3 Å². The number of nitrogens with one attached hydrogen (secondary N) is 1. The number of fused-ring (bicyclic) bond motifs is 1. The molecule has 39 heavy (non-hydrogen) atoms. The predicted molar refractivity (Wildman–Crippen MR) is 146 cm³/mol. The molecule has 0 aromatic heterocycles. The second-order valence-corrected chi connectivity index (χ2v) is 13.5. The summed E-state index contributed by atoms with van der Waals surface area (Å²) in [5.74, 6) is -0.494. The van der Waals surface area contributed by atoms with Crippen molar-refractivity contribution in [1.29, 1.82) is 0 Å². The van der Waals surface area contributed by atoms with E-state index in [2.05, 4.69) is 5.32 Å². The lowest BCUT2D eigenvalue weighted by atomic mass is 9.68. The monoisotopic (exact) mass is 541 g/mol. The van der Waals surface area contributed by atoms with Crippen molar-refractivity contribution in [1.82, 2.24) is 15.1 Å². The van der Waals surface area contributed by atoms with Crippen LogP contribution in [0.2, 0.25) is 0 Å². The molecular weight excluding hydrogens is 498 g/mol. The molecule has 0 bridgehead atoms. The molecule has 4 rings (SSSR count). The molecule has 1 aromatic rings. The van der Waals surface area contributed by atoms with Gasteiger partial charge >= 0.3 is 12.2 Å². The maximum absolute atomic E-state index is 13.2. The number of rotatable bonds is 6. The summed E-state index contributed by atoms with van der Waals surface area (Å²) in [6.07, 6.45) is 2.97. The largest absolute Gasteiger partial charge is 0.444 e. The molecule has 2 heterocycles. The van der Waals surface area contributed by atoms with E-state index in [0.717, 1.165) is 19.3 Å². The molecule has 1 aromatic carbocycles.